The highest BCUT2D eigenvalue weighted by molar-refractivity contribution is 5.80. The molecule has 1 amide bonds. The Balaban J connectivity index is 2.02. The molecule has 0 unspecified atom stereocenters. The fourth-order valence-electron chi connectivity index (χ4n) is 1.84. The average Bonchev–Trinajstić information content (AvgIpc) is 2.30. The van der Waals surface area contributed by atoms with Crippen LogP contribution in [0.4, 0.5) is 0 Å². The van der Waals surface area contributed by atoms with Crippen LogP contribution in [0.5, 0.6) is 0 Å². The molecule has 0 radical (unpaired) electrons. The van der Waals surface area contributed by atoms with E-state index >= 15 is 0 Å². The summed E-state index contributed by atoms with van der Waals surface area (Å²) in [5.41, 5.74) is 5.12. The van der Waals surface area contributed by atoms with Gasteiger partial charge in [-0.05, 0) is 24.9 Å². The van der Waals surface area contributed by atoms with Crippen molar-refractivity contribution in [2.45, 2.75) is 0 Å². The van der Waals surface area contributed by atoms with Crippen LogP contribution in [0.15, 0.2) is 0 Å². The maximum Gasteiger partial charge on any atom is 0.221 e. The Morgan fingerprint density at radius 3 is 2.33 bits per heavy atom. The number of hydrogen-bond donors (Lipinski definition) is 2. The maximum absolute atomic E-state index is 10.6. The van der Waals surface area contributed by atoms with Gasteiger partial charge < -0.3 is 11.1 Å². The predicted octanol–water partition coefficient (Wildman–Crippen LogP) is -1.06. The summed E-state index contributed by atoms with van der Waals surface area (Å²) in [4.78, 5) is 10.6. The molecule has 2 fully saturated rings. The summed E-state index contributed by atoms with van der Waals surface area (Å²) in [7, 11) is 0. The summed E-state index contributed by atoms with van der Waals surface area (Å²) in [5, 5.41) is 3.20. The highest BCUT2D eigenvalue weighted by Crippen LogP contribution is 2.48. The molecular weight excluding hydrogens is 116 g/mol. The van der Waals surface area contributed by atoms with Gasteiger partial charge in [-0.2, -0.15) is 0 Å². The van der Waals surface area contributed by atoms with Crippen LogP contribution < -0.4 is 11.1 Å². The highest BCUT2D eigenvalue weighted by Gasteiger charge is 2.55. The average molecular weight is 126 g/mol. The molecule has 1 saturated heterocycles. The van der Waals surface area contributed by atoms with Crippen molar-refractivity contribution in [1.29, 1.82) is 0 Å². The van der Waals surface area contributed by atoms with Gasteiger partial charge in [0.25, 0.3) is 0 Å². The molecule has 0 aromatic rings. The van der Waals surface area contributed by atoms with Crippen LogP contribution >= 0.6 is 0 Å². The smallest absolute Gasteiger partial charge is 0.221 e. The number of nitrogens with two attached hydrogens (primary N) is 1. The first kappa shape index (κ1) is 5.23. The van der Waals surface area contributed by atoms with Crippen molar-refractivity contribution >= 4 is 5.91 Å². The number of carbonyl (C=O) groups excluding carboxylic acids is 1. The monoisotopic (exact) mass is 126 g/mol. The first-order valence-electron chi connectivity index (χ1n) is 3.31. The molecule has 0 bridgehead atoms. The van der Waals surface area contributed by atoms with Crippen molar-refractivity contribution < 1.29 is 4.79 Å². The summed E-state index contributed by atoms with van der Waals surface area (Å²) in [6, 6.07) is 0. The number of hydrogen-bond acceptors (Lipinski definition) is 2. The van der Waals surface area contributed by atoms with E-state index < -0.39 is 0 Å². The van der Waals surface area contributed by atoms with Gasteiger partial charge in [0.2, 0.25) is 5.91 Å². The quantitative estimate of drug-likeness (QED) is 0.470. The second-order valence-corrected chi connectivity index (χ2v) is 2.91. The topological polar surface area (TPSA) is 55.1 Å². The van der Waals surface area contributed by atoms with Crippen LogP contribution in [-0.2, 0) is 4.79 Å². The van der Waals surface area contributed by atoms with Crippen LogP contribution in [0, 0.1) is 17.8 Å². The Morgan fingerprint density at radius 1 is 1.44 bits per heavy atom. The Morgan fingerprint density at radius 2 is 2.00 bits per heavy atom. The molecule has 1 aliphatic heterocycles. The molecule has 2 aliphatic rings. The van der Waals surface area contributed by atoms with Crippen molar-refractivity contribution in [3.63, 3.8) is 0 Å². The molecule has 2 rings (SSSR count). The summed E-state index contributed by atoms with van der Waals surface area (Å²) >= 11 is 0. The third-order valence-electron chi connectivity index (χ3n) is 2.42. The minimum atomic E-state index is -0.105. The zero-order chi connectivity index (χ0) is 6.43. The minimum absolute atomic E-state index is 0.105. The van der Waals surface area contributed by atoms with Crippen molar-refractivity contribution in [2.75, 3.05) is 13.1 Å². The lowest BCUT2D eigenvalue weighted by molar-refractivity contribution is -0.119. The van der Waals surface area contributed by atoms with Gasteiger partial charge in [0.15, 0.2) is 0 Å². The molecule has 0 aromatic heterocycles. The second-order valence-electron chi connectivity index (χ2n) is 2.91. The molecule has 0 aromatic carbocycles. The molecule has 1 heterocycles. The van der Waals surface area contributed by atoms with E-state index in [0.29, 0.717) is 11.8 Å². The third-order valence-corrected chi connectivity index (χ3v) is 2.42. The van der Waals surface area contributed by atoms with E-state index in [1.54, 1.807) is 0 Å². The molecule has 9 heavy (non-hydrogen) atoms. The summed E-state index contributed by atoms with van der Waals surface area (Å²) in [6.07, 6.45) is 0. The van der Waals surface area contributed by atoms with Gasteiger partial charge in [-0.3, -0.25) is 4.79 Å². The van der Waals surface area contributed by atoms with Crippen molar-refractivity contribution in [3.05, 3.63) is 0 Å². The molecule has 1 saturated carbocycles. The van der Waals surface area contributed by atoms with Crippen LogP contribution in [0.2, 0.25) is 0 Å². The standard InChI is InChI=1S/C6H10N2O/c7-6(9)5-3-1-8-2-4(3)5/h3-5,8H,1-2H2,(H2,7,9)/t3-,4-/m1/s1. The van der Waals surface area contributed by atoms with Crippen LogP contribution in [0.25, 0.3) is 0 Å². The van der Waals surface area contributed by atoms with E-state index in [-0.39, 0.29) is 11.8 Å². The number of fused-ring (bicyclic) bond motifs is 1. The first-order chi connectivity index (χ1) is 4.30. The molecule has 1 aliphatic carbocycles. The van der Waals surface area contributed by atoms with Gasteiger partial charge >= 0.3 is 0 Å². The highest BCUT2D eigenvalue weighted by atomic mass is 16.1. The molecule has 3 nitrogen and oxygen atoms in total. The Bertz CT molecular complexity index is 147. The van der Waals surface area contributed by atoms with Gasteiger partial charge in [0.1, 0.15) is 0 Å². The van der Waals surface area contributed by atoms with Crippen molar-refractivity contribution in [1.82, 2.24) is 5.32 Å². The van der Waals surface area contributed by atoms with Crippen LogP contribution in [-0.4, -0.2) is 19.0 Å². The molecule has 0 spiro atoms. The predicted molar refractivity (Wildman–Crippen MR) is 32.5 cm³/mol. The van der Waals surface area contributed by atoms with Gasteiger partial charge in [-0.15, -0.1) is 0 Å². The Kier molecular flexibility index (Phi) is 0.858. The van der Waals surface area contributed by atoms with Crippen molar-refractivity contribution in [2.24, 2.45) is 23.5 Å². The molecule has 2 atom stereocenters. The molecular formula is C6H10N2O. The lowest BCUT2D eigenvalue weighted by atomic mass is 10.3. The fourth-order valence-corrected chi connectivity index (χ4v) is 1.84. The van der Waals surface area contributed by atoms with Crippen molar-refractivity contribution in [3.8, 4) is 0 Å². The number of piperidine rings is 1. The number of carbonyl (C=O) groups is 1. The lowest BCUT2D eigenvalue weighted by Crippen LogP contribution is -2.23. The number of primary amides is 1. The zero-order valence-corrected chi connectivity index (χ0v) is 5.13. The van der Waals surface area contributed by atoms with Crippen LogP contribution in [0.1, 0.15) is 0 Å². The Hall–Kier alpha value is -0.570. The van der Waals surface area contributed by atoms with Gasteiger partial charge in [-0.1, -0.05) is 0 Å². The minimum Gasteiger partial charge on any atom is -0.369 e. The zero-order valence-electron chi connectivity index (χ0n) is 5.13. The molecule has 3 N–H and O–H groups in total. The normalized spacial score (nSPS) is 46.4. The number of rotatable bonds is 1. The largest absolute Gasteiger partial charge is 0.369 e. The van der Waals surface area contributed by atoms with E-state index in [4.69, 9.17) is 5.73 Å². The fraction of sp³-hybridized carbons (Fsp3) is 0.833. The summed E-state index contributed by atoms with van der Waals surface area (Å²) in [6.45, 7) is 2.00. The van der Waals surface area contributed by atoms with E-state index in [9.17, 15) is 4.79 Å². The third kappa shape index (κ3) is 0.580. The number of amides is 1. The maximum atomic E-state index is 10.6. The van der Waals surface area contributed by atoms with Crippen LogP contribution in [0.3, 0.4) is 0 Å². The Labute approximate surface area is 53.6 Å². The number of nitrogens with one attached hydrogen (secondary N) is 1. The van der Waals surface area contributed by atoms with E-state index in [1.807, 2.05) is 0 Å². The first-order valence-corrected chi connectivity index (χ1v) is 3.31. The second kappa shape index (κ2) is 1.48. The van der Waals surface area contributed by atoms with Gasteiger partial charge in [-0.25, -0.2) is 0 Å². The van der Waals surface area contributed by atoms with E-state index in [2.05, 4.69) is 5.32 Å². The van der Waals surface area contributed by atoms with Gasteiger partial charge in [0, 0.05) is 5.92 Å². The van der Waals surface area contributed by atoms with E-state index in [0.717, 1.165) is 13.1 Å². The SMILES string of the molecule is NC(=O)C1[C@@H]2CNC[C@@H]12. The summed E-state index contributed by atoms with van der Waals surface area (Å²) < 4.78 is 0. The lowest BCUT2D eigenvalue weighted by Gasteiger charge is -1.97. The molecule has 3 heteroatoms. The van der Waals surface area contributed by atoms with E-state index in [1.165, 1.54) is 0 Å². The summed E-state index contributed by atoms with van der Waals surface area (Å²) in [5.74, 6) is 1.28. The molecule has 50 valence electrons. The van der Waals surface area contributed by atoms with Gasteiger partial charge in [0.05, 0.1) is 0 Å².